The molecule has 2 N–H and O–H groups in total. The maximum absolute atomic E-state index is 11.4. The molecule has 1 radical (unpaired) electrons. The van der Waals surface area contributed by atoms with Crippen LogP contribution in [-0.4, -0.2) is 20.9 Å². The molecule has 0 unspecified atom stereocenters. The van der Waals surface area contributed by atoms with E-state index in [0.717, 1.165) is 30.5 Å². The lowest BCUT2D eigenvalue weighted by Crippen LogP contribution is -2.14. The number of nitriles is 1. The van der Waals surface area contributed by atoms with Gasteiger partial charge in [-0.2, -0.15) is 5.26 Å². The molecule has 0 spiro atoms. The Morgan fingerprint density at radius 2 is 2.23 bits per heavy atom. The van der Waals surface area contributed by atoms with Crippen LogP contribution in [0, 0.1) is 17.8 Å². The zero-order chi connectivity index (χ0) is 15.6. The number of nitrogens with two attached hydrogens (primary N) is 1. The Bertz CT molecular complexity index is 739. The smallest absolute Gasteiger partial charge is 0.248 e. The van der Waals surface area contributed by atoms with Gasteiger partial charge in [0.2, 0.25) is 5.91 Å². The Kier molecular flexibility index (Phi) is 3.63. The molecule has 6 nitrogen and oxygen atoms in total. The van der Waals surface area contributed by atoms with E-state index in [1.807, 2.05) is 18.6 Å². The molecule has 22 heavy (non-hydrogen) atoms. The number of aryl methyl sites for hydroxylation is 1. The first-order valence-corrected chi connectivity index (χ1v) is 7.20. The van der Waals surface area contributed by atoms with Crippen LogP contribution in [0.1, 0.15) is 40.9 Å². The lowest BCUT2D eigenvalue weighted by molar-refractivity contribution is 0.0999. The molecule has 0 bridgehead atoms. The molecule has 1 aromatic heterocycles. The van der Waals surface area contributed by atoms with Crippen LogP contribution in [0.3, 0.4) is 0 Å². The van der Waals surface area contributed by atoms with Gasteiger partial charge in [-0.3, -0.25) is 4.79 Å². The topological polar surface area (TPSA) is 97.6 Å². The van der Waals surface area contributed by atoms with Crippen LogP contribution in [0.15, 0.2) is 30.5 Å². The van der Waals surface area contributed by atoms with Crippen molar-refractivity contribution in [3.63, 3.8) is 0 Å². The molecular formula is C16H16N5O. The lowest BCUT2D eigenvalue weighted by atomic mass is 10.0. The predicted molar refractivity (Wildman–Crippen MR) is 79.5 cm³/mol. The number of carbonyl (C=O) groups excluding carboxylic acids is 1. The molecule has 1 saturated carbocycles. The standard InChI is InChI=1S/C16H16N5O/c17-11-16(8-9-16)21-10-13(19-20-21)6-3-5-12-4-1-2-7-14(12)15(18)22/h1-2,4,6-7,10H,3,5,8-9H2,(H2,18,22). The molecule has 0 atom stereocenters. The summed E-state index contributed by atoms with van der Waals surface area (Å²) >= 11 is 0. The normalized spacial score (nSPS) is 15.2. The molecule has 0 aliphatic heterocycles. The molecule has 1 aromatic carbocycles. The summed E-state index contributed by atoms with van der Waals surface area (Å²) in [6.45, 7) is 0. The van der Waals surface area contributed by atoms with Crippen molar-refractivity contribution in [3.05, 3.63) is 53.7 Å². The van der Waals surface area contributed by atoms with E-state index in [2.05, 4.69) is 16.4 Å². The summed E-state index contributed by atoms with van der Waals surface area (Å²) in [5.41, 5.74) is 7.12. The monoisotopic (exact) mass is 294 g/mol. The second-order valence-corrected chi connectivity index (χ2v) is 5.50. The van der Waals surface area contributed by atoms with Gasteiger partial charge in [0.25, 0.3) is 0 Å². The van der Waals surface area contributed by atoms with Gasteiger partial charge in [-0.05, 0) is 37.3 Å². The molecule has 111 valence electrons. The second kappa shape index (κ2) is 5.60. The highest BCUT2D eigenvalue weighted by atomic mass is 16.1. The van der Waals surface area contributed by atoms with Crippen LogP contribution in [-0.2, 0) is 12.0 Å². The average molecular weight is 294 g/mol. The number of carbonyl (C=O) groups is 1. The van der Waals surface area contributed by atoms with Crippen molar-refractivity contribution >= 4 is 5.91 Å². The summed E-state index contributed by atoms with van der Waals surface area (Å²) in [6, 6.07) is 9.61. The summed E-state index contributed by atoms with van der Waals surface area (Å²) in [5.74, 6) is -0.411. The summed E-state index contributed by atoms with van der Waals surface area (Å²) in [4.78, 5) is 11.4. The third-order valence-electron chi connectivity index (χ3n) is 3.93. The van der Waals surface area contributed by atoms with Crippen molar-refractivity contribution < 1.29 is 4.79 Å². The Morgan fingerprint density at radius 3 is 2.91 bits per heavy atom. The largest absolute Gasteiger partial charge is 0.366 e. The zero-order valence-corrected chi connectivity index (χ0v) is 12.1. The molecule has 1 heterocycles. The number of hydrogen-bond donors (Lipinski definition) is 1. The van der Waals surface area contributed by atoms with Gasteiger partial charge in [-0.1, -0.05) is 23.4 Å². The quantitative estimate of drug-likeness (QED) is 0.874. The third kappa shape index (κ3) is 2.70. The van der Waals surface area contributed by atoms with Gasteiger partial charge in [0.05, 0.1) is 18.0 Å². The summed E-state index contributed by atoms with van der Waals surface area (Å²) in [6.07, 6.45) is 6.85. The van der Waals surface area contributed by atoms with Gasteiger partial charge in [0.15, 0.2) is 5.54 Å². The van der Waals surface area contributed by atoms with E-state index in [0.29, 0.717) is 12.0 Å². The number of aromatic nitrogens is 3. The van der Waals surface area contributed by atoms with E-state index in [1.54, 1.807) is 23.0 Å². The highest BCUT2D eigenvalue weighted by Crippen LogP contribution is 2.42. The van der Waals surface area contributed by atoms with Gasteiger partial charge in [0.1, 0.15) is 0 Å². The molecule has 6 heteroatoms. The number of benzene rings is 1. The minimum absolute atomic E-state index is 0.411. The van der Waals surface area contributed by atoms with Crippen LogP contribution < -0.4 is 5.73 Å². The fraction of sp³-hybridized carbons (Fsp3) is 0.312. The van der Waals surface area contributed by atoms with E-state index in [1.165, 1.54) is 0 Å². The lowest BCUT2D eigenvalue weighted by Gasteiger charge is -2.05. The van der Waals surface area contributed by atoms with Crippen molar-refractivity contribution in [2.24, 2.45) is 5.73 Å². The molecular weight excluding hydrogens is 278 g/mol. The fourth-order valence-electron chi connectivity index (χ4n) is 2.44. The highest BCUT2D eigenvalue weighted by Gasteiger charge is 2.46. The van der Waals surface area contributed by atoms with E-state index in [4.69, 9.17) is 11.0 Å². The molecule has 3 rings (SSSR count). The highest BCUT2D eigenvalue weighted by molar-refractivity contribution is 5.94. The first-order chi connectivity index (χ1) is 10.6. The van der Waals surface area contributed by atoms with Crippen molar-refractivity contribution in [1.29, 1.82) is 5.26 Å². The molecule has 1 fully saturated rings. The first kappa shape index (κ1) is 14.3. The van der Waals surface area contributed by atoms with E-state index in [9.17, 15) is 4.79 Å². The summed E-state index contributed by atoms with van der Waals surface area (Å²) in [5, 5.41) is 17.2. The number of rotatable bonds is 6. The fourth-order valence-corrected chi connectivity index (χ4v) is 2.44. The maximum Gasteiger partial charge on any atom is 0.248 e. The number of amides is 1. The average Bonchev–Trinajstić information content (AvgIpc) is 3.19. The van der Waals surface area contributed by atoms with Gasteiger partial charge >= 0.3 is 0 Å². The molecule has 1 amide bonds. The van der Waals surface area contributed by atoms with Crippen molar-refractivity contribution in [2.75, 3.05) is 0 Å². The number of primary amides is 1. The Labute approximate surface area is 128 Å². The number of nitrogens with zero attached hydrogens (tertiary/aromatic N) is 4. The van der Waals surface area contributed by atoms with Crippen molar-refractivity contribution in [2.45, 2.75) is 31.2 Å². The maximum atomic E-state index is 11.4. The molecule has 0 saturated heterocycles. The van der Waals surface area contributed by atoms with E-state index >= 15 is 0 Å². The minimum Gasteiger partial charge on any atom is -0.366 e. The van der Waals surface area contributed by atoms with Crippen LogP contribution in [0.5, 0.6) is 0 Å². The first-order valence-electron chi connectivity index (χ1n) is 7.20. The molecule has 1 aliphatic rings. The summed E-state index contributed by atoms with van der Waals surface area (Å²) < 4.78 is 1.65. The van der Waals surface area contributed by atoms with Gasteiger partial charge in [-0.15, -0.1) is 5.10 Å². The van der Waals surface area contributed by atoms with E-state index < -0.39 is 11.4 Å². The molecule has 2 aromatic rings. The van der Waals surface area contributed by atoms with Gasteiger partial charge in [0, 0.05) is 12.0 Å². The van der Waals surface area contributed by atoms with Crippen molar-refractivity contribution in [3.8, 4) is 6.07 Å². The van der Waals surface area contributed by atoms with Crippen molar-refractivity contribution in [1.82, 2.24) is 15.0 Å². The minimum atomic E-state index is -0.475. The third-order valence-corrected chi connectivity index (χ3v) is 3.93. The summed E-state index contributed by atoms with van der Waals surface area (Å²) in [7, 11) is 0. The Morgan fingerprint density at radius 1 is 1.45 bits per heavy atom. The van der Waals surface area contributed by atoms with Gasteiger partial charge < -0.3 is 5.73 Å². The Balaban J connectivity index is 1.60. The SMILES string of the molecule is N#CC1(n2cc([CH]CCc3ccccc3C(N)=O)nn2)CC1. The van der Waals surface area contributed by atoms with Crippen LogP contribution in [0.2, 0.25) is 0 Å². The second-order valence-electron chi connectivity index (χ2n) is 5.50. The zero-order valence-electron chi connectivity index (χ0n) is 12.1. The van der Waals surface area contributed by atoms with E-state index in [-0.39, 0.29) is 0 Å². The van der Waals surface area contributed by atoms with Crippen LogP contribution in [0.25, 0.3) is 0 Å². The predicted octanol–water partition coefficient (Wildman–Crippen LogP) is 1.57. The molecule has 1 aliphatic carbocycles. The Hall–Kier alpha value is -2.68. The van der Waals surface area contributed by atoms with Crippen LogP contribution in [0.4, 0.5) is 0 Å². The van der Waals surface area contributed by atoms with Gasteiger partial charge in [-0.25, -0.2) is 4.68 Å². The van der Waals surface area contributed by atoms with Crippen LogP contribution >= 0.6 is 0 Å². The number of hydrogen-bond acceptors (Lipinski definition) is 4.